The zero-order valence-electron chi connectivity index (χ0n) is 8.24. The van der Waals surface area contributed by atoms with E-state index >= 15 is 0 Å². The Labute approximate surface area is 90.6 Å². The maximum Gasteiger partial charge on any atom is 0.239 e. The summed E-state index contributed by atoms with van der Waals surface area (Å²) in [7, 11) is 0. The molecule has 3 N–H and O–H groups in total. The van der Waals surface area contributed by atoms with Crippen molar-refractivity contribution < 1.29 is 4.79 Å². The fraction of sp³-hybridized carbons (Fsp3) is 0.889. The van der Waals surface area contributed by atoms with E-state index in [2.05, 4.69) is 5.32 Å². The molecule has 2 aliphatic heterocycles. The molecule has 0 aromatic rings. The van der Waals surface area contributed by atoms with Crippen LogP contribution >= 0.6 is 12.4 Å². The van der Waals surface area contributed by atoms with Crippen molar-refractivity contribution in [2.75, 3.05) is 19.6 Å². The monoisotopic (exact) mass is 219 g/mol. The largest absolute Gasteiger partial charge is 0.340 e. The van der Waals surface area contributed by atoms with Crippen LogP contribution in [0.5, 0.6) is 0 Å². The van der Waals surface area contributed by atoms with Gasteiger partial charge in [0.05, 0.1) is 6.04 Å². The van der Waals surface area contributed by atoms with Gasteiger partial charge >= 0.3 is 0 Å². The first-order chi connectivity index (χ1) is 6.27. The molecule has 0 spiro atoms. The summed E-state index contributed by atoms with van der Waals surface area (Å²) in [6, 6.07) is 0.274. The lowest BCUT2D eigenvalue weighted by molar-refractivity contribution is -0.132. The molecule has 0 aromatic carbocycles. The average molecular weight is 220 g/mol. The highest BCUT2D eigenvalue weighted by atomic mass is 35.5. The second-order valence-electron chi connectivity index (χ2n) is 3.98. The molecule has 0 saturated carbocycles. The van der Waals surface area contributed by atoms with Crippen molar-refractivity contribution in [3.05, 3.63) is 0 Å². The van der Waals surface area contributed by atoms with Gasteiger partial charge in [-0.2, -0.15) is 0 Å². The van der Waals surface area contributed by atoms with Gasteiger partial charge in [-0.05, 0) is 25.8 Å². The van der Waals surface area contributed by atoms with Crippen molar-refractivity contribution in [3.63, 3.8) is 0 Å². The number of amides is 1. The van der Waals surface area contributed by atoms with Crippen molar-refractivity contribution in [1.29, 1.82) is 0 Å². The summed E-state index contributed by atoms with van der Waals surface area (Å²) in [4.78, 5) is 13.7. The van der Waals surface area contributed by atoms with E-state index in [4.69, 9.17) is 5.73 Å². The van der Waals surface area contributed by atoms with Crippen LogP contribution in [0.15, 0.2) is 0 Å². The molecule has 14 heavy (non-hydrogen) atoms. The van der Waals surface area contributed by atoms with E-state index in [1.165, 1.54) is 0 Å². The molecule has 5 heteroatoms. The van der Waals surface area contributed by atoms with Crippen LogP contribution in [-0.4, -0.2) is 42.5 Å². The van der Waals surface area contributed by atoms with E-state index in [-0.39, 0.29) is 30.4 Å². The summed E-state index contributed by atoms with van der Waals surface area (Å²) in [5.41, 5.74) is 5.75. The molecule has 2 fully saturated rings. The van der Waals surface area contributed by atoms with Gasteiger partial charge in [0.15, 0.2) is 0 Å². The van der Waals surface area contributed by atoms with Crippen LogP contribution in [0.1, 0.15) is 19.3 Å². The van der Waals surface area contributed by atoms with E-state index in [0.29, 0.717) is 0 Å². The minimum Gasteiger partial charge on any atom is -0.340 e. The van der Waals surface area contributed by atoms with Crippen molar-refractivity contribution in [1.82, 2.24) is 10.2 Å². The lowest BCUT2D eigenvalue weighted by atomic mass is 10.2. The van der Waals surface area contributed by atoms with E-state index in [1.54, 1.807) is 0 Å². The highest BCUT2D eigenvalue weighted by Crippen LogP contribution is 2.13. The third-order valence-electron chi connectivity index (χ3n) is 2.89. The number of carbonyl (C=O) groups excluding carboxylic acids is 1. The first kappa shape index (κ1) is 11.8. The fourth-order valence-corrected chi connectivity index (χ4v) is 2.10. The minimum absolute atomic E-state index is 0. The van der Waals surface area contributed by atoms with E-state index in [1.807, 2.05) is 4.90 Å². The molecule has 2 aliphatic rings. The van der Waals surface area contributed by atoms with Crippen molar-refractivity contribution in [3.8, 4) is 0 Å². The second kappa shape index (κ2) is 4.96. The third kappa shape index (κ3) is 2.38. The normalized spacial score (nSPS) is 31.6. The maximum absolute atomic E-state index is 11.8. The number of hydrogen-bond acceptors (Lipinski definition) is 3. The SMILES string of the molecule is Cl.N[C@H]1CCN(C(=O)[C@H]2CCCN2)C1. The van der Waals surface area contributed by atoms with Crippen LogP contribution < -0.4 is 11.1 Å². The molecular weight excluding hydrogens is 202 g/mol. The van der Waals surface area contributed by atoms with Crippen molar-refractivity contribution in [2.24, 2.45) is 5.73 Å². The van der Waals surface area contributed by atoms with Crippen LogP contribution in [0.25, 0.3) is 0 Å². The Morgan fingerprint density at radius 2 is 2.21 bits per heavy atom. The van der Waals surface area contributed by atoms with Gasteiger partial charge in [-0.15, -0.1) is 12.4 Å². The Bertz CT molecular complexity index is 206. The molecule has 2 rings (SSSR count). The van der Waals surface area contributed by atoms with Crippen molar-refractivity contribution >= 4 is 18.3 Å². The number of nitrogens with zero attached hydrogens (tertiary/aromatic N) is 1. The summed E-state index contributed by atoms with van der Waals surface area (Å²) in [5.74, 6) is 0.255. The standard InChI is InChI=1S/C9H17N3O.ClH/c10-7-3-5-12(6-7)9(13)8-2-1-4-11-8;/h7-8,11H,1-6,10H2;1H/t7-,8+;/m0./s1. The number of nitrogens with two attached hydrogens (primary N) is 1. The Morgan fingerprint density at radius 1 is 1.43 bits per heavy atom. The van der Waals surface area contributed by atoms with Crippen LogP contribution in [0, 0.1) is 0 Å². The number of likely N-dealkylation sites (tertiary alicyclic amines) is 1. The highest BCUT2D eigenvalue weighted by molar-refractivity contribution is 5.85. The smallest absolute Gasteiger partial charge is 0.239 e. The molecule has 2 heterocycles. The quantitative estimate of drug-likeness (QED) is 0.638. The number of rotatable bonds is 1. The summed E-state index contributed by atoms with van der Waals surface area (Å²) in [6.07, 6.45) is 3.07. The van der Waals surface area contributed by atoms with Crippen LogP contribution in [0.3, 0.4) is 0 Å². The molecular formula is C9H18ClN3O. The Morgan fingerprint density at radius 3 is 2.71 bits per heavy atom. The molecule has 1 amide bonds. The zero-order chi connectivity index (χ0) is 9.26. The van der Waals surface area contributed by atoms with Gasteiger partial charge in [0, 0.05) is 19.1 Å². The molecule has 2 saturated heterocycles. The predicted octanol–water partition coefficient (Wildman–Crippen LogP) is -0.280. The molecule has 4 nitrogen and oxygen atoms in total. The summed E-state index contributed by atoms with van der Waals surface area (Å²) < 4.78 is 0. The van der Waals surface area contributed by atoms with Crippen molar-refractivity contribution in [2.45, 2.75) is 31.3 Å². The number of nitrogens with one attached hydrogen (secondary N) is 1. The van der Waals surface area contributed by atoms with Crippen LogP contribution in [0.2, 0.25) is 0 Å². The predicted molar refractivity (Wildman–Crippen MR) is 57.4 cm³/mol. The molecule has 0 radical (unpaired) electrons. The van der Waals surface area contributed by atoms with E-state index < -0.39 is 0 Å². The Balaban J connectivity index is 0.000000980. The van der Waals surface area contributed by atoms with Gasteiger partial charge in [-0.3, -0.25) is 4.79 Å². The van der Waals surface area contributed by atoms with Gasteiger partial charge in [-0.25, -0.2) is 0 Å². The molecule has 82 valence electrons. The molecule has 0 unspecified atom stereocenters. The Hall–Kier alpha value is -0.320. The summed E-state index contributed by atoms with van der Waals surface area (Å²) in [5, 5.41) is 3.22. The molecule has 0 aromatic heterocycles. The van der Waals surface area contributed by atoms with Gasteiger partial charge in [0.2, 0.25) is 5.91 Å². The lowest BCUT2D eigenvalue weighted by Gasteiger charge is -2.19. The van der Waals surface area contributed by atoms with E-state index in [9.17, 15) is 4.79 Å². The minimum atomic E-state index is 0. The first-order valence-corrected chi connectivity index (χ1v) is 5.05. The number of carbonyl (C=O) groups is 1. The molecule has 0 bridgehead atoms. The zero-order valence-corrected chi connectivity index (χ0v) is 9.05. The summed E-state index contributed by atoms with van der Waals surface area (Å²) in [6.45, 7) is 2.57. The summed E-state index contributed by atoms with van der Waals surface area (Å²) >= 11 is 0. The topological polar surface area (TPSA) is 58.4 Å². The first-order valence-electron chi connectivity index (χ1n) is 5.05. The number of hydrogen-bond donors (Lipinski definition) is 2. The van der Waals surface area contributed by atoms with Crippen LogP contribution in [-0.2, 0) is 4.79 Å². The van der Waals surface area contributed by atoms with Gasteiger partial charge in [-0.1, -0.05) is 0 Å². The Kier molecular flexibility index (Phi) is 4.16. The number of halogens is 1. The average Bonchev–Trinajstić information content (AvgIpc) is 2.72. The maximum atomic E-state index is 11.8. The van der Waals surface area contributed by atoms with E-state index in [0.717, 1.165) is 38.9 Å². The third-order valence-corrected chi connectivity index (χ3v) is 2.89. The fourth-order valence-electron chi connectivity index (χ4n) is 2.10. The highest BCUT2D eigenvalue weighted by Gasteiger charge is 2.30. The van der Waals surface area contributed by atoms with Gasteiger partial charge < -0.3 is 16.0 Å². The lowest BCUT2D eigenvalue weighted by Crippen LogP contribution is -2.43. The molecule has 2 atom stereocenters. The van der Waals surface area contributed by atoms with Gasteiger partial charge in [0.25, 0.3) is 0 Å². The second-order valence-corrected chi connectivity index (χ2v) is 3.98. The van der Waals surface area contributed by atoms with Gasteiger partial charge in [0.1, 0.15) is 0 Å². The van der Waals surface area contributed by atoms with Crippen LogP contribution in [0.4, 0.5) is 0 Å². The molecule has 0 aliphatic carbocycles.